The summed E-state index contributed by atoms with van der Waals surface area (Å²) in [7, 11) is 3.70. The number of allylic oxidation sites excluding steroid dienone is 2. The average molecular weight is 431 g/mol. The quantitative estimate of drug-likeness (QED) is 0.530. The first-order valence-corrected chi connectivity index (χ1v) is 9.65. The number of hydrogen-bond acceptors (Lipinski definition) is 8. The van der Waals surface area contributed by atoms with Gasteiger partial charge in [0.2, 0.25) is 0 Å². The zero-order chi connectivity index (χ0) is 22.7. The second-order valence-electron chi connectivity index (χ2n) is 6.96. The molecule has 1 aromatic rings. The van der Waals surface area contributed by atoms with Crippen molar-refractivity contribution in [2.45, 2.75) is 26.1 Å². The van der Waals surface area contributed by atoms with Gasteiger partial charge in [0.15, 0.2) is 6.29 Å². The van der Waals surface area contributed by atoms with Crippen molar-refractivity contribution in [1.82, 2.24) is 4.90 Å². The van der Waals surface area contributed by atoms with Gasteiger partial charge in [-0.3, -0.25) is 4.90 Å². The molecule has 1 amide bonds. The molecule has 2 aliphatic rings. The van der Waals surface area contributed by atoms with Crippen LogP contribution in [0, 0.1) is 0 Å². The first-order chi connectivity index (χ1) is 14.8. The maximum Gasteiger partial charge on any atom is 0.418 e. The molecule has 0 atom stereocenters. The molecule has 9 nitrogen and oxygen atoms in total. The largest absolute Gasteiger partial charge is 0.466 e. The van der Waals surface area contributed by atoms with Crippen LogP contribution in [-0.2, 0) is 33.3 Å². The fourth-order valence-electron chi connectivity index (χ4n) is 3.90. The predicted molar refractivity (Wildman–Crippen MR) is 108 cm³/mol. The highest BCUT2D eigenvalue weighted by molar-refractivity contribution is 6.01. The van der Waals surface area contributed by atoms with Crippen molar-refractivity contribution in [3.05, 3.63) is 57.9 Å². The molecular weight excluding hydrogens is 406 g/mol. The van der Waals surface area contributed by atoms with E-state index in [2.05, 4.69) is 0 Å². The third-order valence-corrected chi connectivity index (χ3v) is 5.36. The number of hydrogen-bond donors (Lipinski definition) is 0. The van der Waals surface area contributed by atoms with Crippen LogP contribution < -0.4 is 0 Å². The number of amides is 1. The third kappa shape index (κ3) is 4.06. The number of carbonyl (C=O) groups is 3. The zero-order valence-electron chi connectivity index (χ0n) is 18.1. The lowest BCUT2D eigenvalue weighted by Gasteiger charge is -2.35. The number of benzene rings is 1. The molecule has 166 valence electrons. The molecular formula is C22H25NO8. The molecule has 1 aromatic carbocycles. The molecule has 1 saturated heterocycles. The Bertz CT molecular complexity index is 901. The molecule has 1 fully saturated rings. The Kier molecular flexibility index (Phi) is 6.77. The van der Waals surface area contributed by atoms with Gasteiger partial charge < -0.3 is 23.7 Å². The number of methoxy groups -OCH3 is 3. The van der Waals surface area contributed by atoms with Crippen LogP contribution in [0.5, 0.6) is 0 Å². The summed E-state index contributed by atoms with van der Waals surface area (Å²) in [6.07, 6.45) is -1.19. The summed E-state index contributed by atoms with van der Waals surface area (Å²) in [5.41, 5.74) is 2.35. The van der Waals surface area contributed by atoms with Crippen LogP contribution in [0.3, 0.4) is 0 Å². The number of ether oxygens (including phenoxy) is 5. The van der Waals surface area contributed by atoms with Crippen molar-refractivity contribution in [3.8, 4) is 0 Å². The van der Waals surface area contributed by atoms with Gasteiger partial charge in [0, 0.05) is 17.0 Å². The highest BCUT2D eigenvalue weighted by Crippen LogP contribution is 2.43. The number of rotatable bonds is 4. The second kappa shape index (κ2) is 9.32. The first-order valence-electron chi connectivity index (χ1n) is 9.65. The van der Waals surface area contributed by atoms with Crippen LogP contribution in [0.25, 0.3) is 0 Å². The summed E-state index contributed by atoms with van der Waals surface area (Å²) in [6, 6.07) is 7.19. The number of nitrogens with zero attached hydrogens (tertiary/aromatic N) is 1. The van der Waals surface area contributed by atoms with E-state index in [1.54, 1.807) is 26.0 Å². The molecule has 0 bridgehead atoms. The van der Waals surface area contributed by atoms with Crippen molar-refractivity contribution in [3.63, 3.8) is 0 Å². The molecule has 2 heterocycles. The Morgan fingerprint density at radius 3 is 1.68 bits per heavy atom. The molecule has 0 N–H and O–H groups in total. The first kappa shape index (κ1) is 22.5. The predicted octanol–water partition coefficient (Wildman–Crippen LogP) is 2.79. The van der Waals surface area contributed by atoms with Crippen LogP contribution in [0.15, 0.2) is 46.8 Å². The van der Waals surface area contributed by atoms with Gasteiger partial charge in [0.05, 0.1) is 51.6 Å². The third-order valence-electron chi connectivity index (χ3n) is 5.36. The Morgan fingerprint density at radius 2 is 1.26 bits per heavy atom. The average Bonchev–Trinajstić information content (AvgIpc) is 3.32. The molecule has 0 spiro atoms. The van der Waals surface area contributed by atoms with Crippen molar-refractivity contribution < 1.29 is 38.1 Å². The van der Waals surface area contributed by atoms with Crippen LogP contribution >= 0.6 is 0 Å². The Morgan fingerprint density at radius 1 is 0.806 bits per heavy atom. The SMILES string of the molecule is COC(=O)C1=C(C)N(C(=O)OC)C(C)=C(C(=O)OC)C1c1ccc(C2OCCO2)cc1. The zero-order valence-corrected chi connectivity index (χ0v) is 18.1. The van der Waals surface area contributed by atoms with Crippen molar-refractivity contribution >= 4 is 18.0 Å². The molecule has 2 aliphatic heterocycles. The minimum atomic E-state index is -0.805. The smallest absolute Gasteiger partial charge is 0.418 e. The van der Waals surface area contributed by atoms with Gasteiger partial charge in [-0.25, -0.2) is 14.4 Å². The van der Waals surface area contributed by atoms with Crippen molar-refractivity contribution in [1.29, 1.82) is 0 Å². The molecule has 9 heteroatoms. The van der Waals surface area contributed by atoms with Crippen LogP contribution in [0.1, 0.15) is 37.2 Å². The molecule has 0 saturated carbocycles. The second-order valence-corrected chi connectivity index (χ2v) is 6.96. The Balaban J connectivity index is 2.17. The highest BCUT2D eigenvalue weighted by Gasteiger charge is 2.42. The summed E-state index contributed by atoms with van der Waals surface area (Å²) in [4.78, 5) is 39.2. The van der Waals surface area contributed by atoms with E-state index in [4.69, 9.17) is 23.7 Å². The molecule has 0 radical (unpaired) electrons. The Labute approximate surface area is 180 Å². The molecule has 3 rings (SSSR count). The van der Waals surface area contributed by atoms with Gasteiger partial charge in [0.1, 0.15) is 0 Å². The van der Waals surface area contributed by atoms with E-state index in [1.807, 2.05) is 12.1 Å². The van der Waals surface area contributed by atoms with Crippen LogP contribution in [0.4, 0.5) is 4.79 Å². The monoisotopic (exact) mass is 431 g/mol. The lowest BCUT2D eigenvalue weighted by Crippen LogP contribution is -2.38. The summed E-state index contributed by atoms with van der Waals surface area (Å²) in [5, 5.41) is 0. The molecule has 31 heavy (non-hydrogen) atoms. The Hall–Kier alpha value is -3.17. The lowest BCUT2D eigenvalue weighted by molar-refractivity contribution is -0.137. The van der Waals surface area contributed by atoms with E-state index in [0.29, 0.717) is 30.2 Å². The summed E-state index contributed by atoms with van der Waals surface area (Å²) in [6.45, 7) is 4.23. The van der Waals surface area contributed by atoms with Crippen LogP contribution in [0.2, 0.25) is 0 Å². The molecule has 0 aromatic heterocycles. The fraction of sp³-hybridized carbons (Fsp3) is 0.409. The van der Waals surface area contributed by atoms with E-state index < -0.39 is 30.2 Å². The van der Waals surface area contributed by atoms with Gasteiger partial charge in [-0.2, -0.15) is 0 Å². The van der Waals surface area contributed by atoms with Gasteiger partial charge in [-0.1, -0.05) is 24.3 Å². The van der Waals surface area contributed by atoms with Gasteiger partial charge >= 0.3 is 18.0 Å². The van der Waals surface area contributed by atoms with Gasteiger partial charge in [0.25, 0.3) is 0 Å². The van der Waals surface area contributed by atoms with Crippen molar-refractivity contribution in [2.24, 2.45) is 0 Å². The van der Waals surface area contributed by atoms with E-state index in [9.17, 15) is 14.4 Å². The fourth-order valence-corrected chi connectivity index (χ4v) is 3.90. The minimum absolute atomic E-state index is 0.139. The van der Waals surface area contributed by atoms with Gasteiger partial charge in [-0.05, 0) is 19.4 Å². The van der Waals surface area contributed by atoms with E-state index in [0.717, 1.165) is 5.56 Å². The number of carbonyl (C=O) groups excluding carboxylic acids is 3. The highest BCUT2D eigenvalue weighted by atomic mass is 16.7. The summed E-state index contributed by atoms with van der Waals surface area (Å²) in [5.74, 6) is -2.14. The minimum Gasteiger partial charge on any atom is -0.466 e. The maximum atomic E-state index is 12.8. The lowest BCUT2D eigenvalue weighted by atomic mass is 9.79. The topological polar surface area (TPSA) is 101 Å². The molecule has 0 unspecified atom stereocenters. The number of esters is 2. The van der Waals surface area contributed by atoms with Crippen molar-refractivity contribution in [2.75, 3.05) is 34.5 Å². The molecule has 0 aliphatic carbocycles. The summed E-state index contributed by atoms with van der Waals surface area (Å²) >= 11 is 0. The van der Waals surface area contributed by atoms with E-state index >= 15 is 0 Å². The standard InChI is InChI=1S/C22H25NO8/c1-12-16(19(24)27-3)18(14-6-8-15(9-7-14)21-30-10-11-31-21)17(20(25)28-4)13(2)23(12)22(26)29-5/h6-9,18,21H,10-11H2,1-5H3. The van der Waals surface area contributed by atoms with E-state index in [1.165, 1.54) is 26.2 Å². The normalized spacial score (nSPS) is 17.8. The van der Waals surface area contributed by atoms with Gasteiger partial charge in [-0.15, -0.1) is 0 Å². The van der Waals surface area contributed by atoms with Crippen LogP contribution in [-0.4, -0.2) is 57.5 Å². The maximum absolute atomic E-state index is 12.8. The van der Waals surface area contributed by atoms with E-state index in [-0.39, 0.29) is 11.1 Å². The summed E-state index contributed by atoms with van der Waals surface area (Å²) < 4.78 is 25.9.